The van der Waals surface area contributed by atoms with E-state index < -0.39 is 0 Å². The van der Waals surface area contributed by atoms with E-state index in [1.165, 1.54) is 12.8 Å². The minimum absolute atomic E-state index is 0. The molecule has 0 saturated carbocycles. The normalized spacial score (nSPS) is 19.1. The van der Waals surface area contributed by atoms with Crippen LogP contribution < -0.4 is 10.1 Å². The van der Waals surface area contributed by atoms with Crippen molar-refractivity contribution in [2.75, 3.05) is 19.7 Å². The van der Waals surface area contributed by atoms with Crippen LogP contribution in [0.3, 0.4) is 0 Å². The molecule has 1 N–H and O–H groups in total. The number of nitrogens with one attached hydrogen (secondary N) is 1. The summed E-state index contributed by atoms with van der Waals surface area (Å²) in [5.41, 5.74) is 0. The van der Waals surface area contributed by atoms with Gasteiger partial charge in [0.1, 0.15) is 5.75 Å². The van der Waals surface area contributed by atoms with Gasteiger partial charge in [-0.15, -0.1) is 12.4 Å². The van der Waals surface area contributed by atoms with Gasteiger partial charge in [-0.25, -0.2) is 0 Å². The molecule has 1 aromatic carbocycles. The maximum atomic E-state index is 6.08. The molecule has 1 atom stereocenters. The van der Waals surface area contributed by atoms with Crippen molar-refractivity contribution < 1.29 is 4.74 Å². The summed E-state index contributed by atoms with van der Waals surface area (Å²) in [6.07, 6.45) is 3.69. The Hall–Kier alpha value is 0.0400. The van der Waals surface area contributed by atoms with Crippen molar-refractivity contribution in [2.24, 2.45) is 5.92 Å². The van der Waals surface area contributed by atoms with Crippen LogP contribution in [0, 0.1) is 5.92 Å². The van der Waals surface area contributed by atoms with Crippen LogP contribution in [0.15, 0.2) is 22.7 Å². The fourth-order valence-electron chi connectivity index (χ4n) is 2.10. The van der Waals surface area contributed by atoms with E-state index >= 15 is 0 Å². The first kappa shape index (κ1) is 16.1. The first-order chi connectivity index (χ1) is 8.25. The molecule has 2 nitrogen and oxygen atoms in total. The van der Waals surface area contributed by atoms with Gasteiger partial charge in [-0.2, -0.15) is 0 Å². The van der Waals surface area contributed by atoms with E-state index in [4.69, 9.17) is 16.3 Å². The van der Waals surface area contributed by atoms with E-state index in [9.17, 15) is 0 Å². The van der Waals surface area contributed by atoms with Crippen LogP contribution >= 0.6 is 39.9 Å². The molecule has 1 unspecified atom stereocenters. The molecule has 1 saturated heterocycles. The van der Waals surface area contributed by atoms with Crippen LogP contribution in [-0.2, 0) is 0 Å². The Bertz CT molecular complexity index is 370. The van der Waals surface area contributed by atoms with Gasteiger partial charge in [-0.1, -0.05) is 27.5 Å². The number of hydrogen-bond acceptors (Lipinski definition) is 2. The molecule has 1 heterocycles. The van der Waals surface area contributed by atoms with Gasteiger partial charge >= 0.3 is 0 Å². The molecule has 0 bridgehead atoms. The molecule has 1 aliphatic rings. The molecule has 102 valence electrons. The van der Waals surface area contributed by atoms with Gasteiger partial charge < -0.3 is 10.1 Å². The van der Waals surface area contributed by atoms with Crippen molar-refractivity contribution in [2.45, 2.75) is 19.3 Å². The third-order valence-electron chi connectivity index (χ3n) is 3.08. The Labute approximate surface area is 128 Å². The largest absolute Gasteiger partial charge is 0.492 e. The summed E-state index contributed by atoms with van der Waals surface area (Å²) in [6.45, 7) is 3.03. The Balaban J connectivity index is 0.00000162. The molecular weight excluding hydrogens is 337 g/mol. The number of piperidine rings is 1. The summed E-state index contributed by atoms with van der Waals surface area (Å²) in [6, 6.07) is 5.72. The monoisotopic (exact) mass is 353 g/mol. The predicted octanol–water partition coefficient (Wildman–Crippen LogP) is 4.29. The molecule has 5 heteroatoms. The highest BCUT2D eigenvalue weighted by Gasteiger charge is 2.13. The average Bonchev–Trinajstić information content (AvgIpc) is 2.33. The number of halogens is 3. The highest BCUT2D eigenvalue weighted by Crippen LogP contribution is 2.28. The van der Waals surface area contributed by atoms with E-state index in [0.717, 1.165) is 42.3 Å². The number of hydrogen-bond donors (Lipinski definition) is 1. The first-order valence-corrected chi connectivity index (χ1v) is 7.21. The smallest absolute Gasteiger partial charge is 0.137 e. The van der Waals surface area contributed by atoms with E-state index in [0.29, 0.717) is 5.02 Å². The second-order valence-corrected chi connectivity index (χ2v) is 5.75. The lowest BCUT2D eigenvalue weighted by atomic mass is 9.97. The maximum Gasteiger partial charge on any atom is 0.137 e. The summed E-state index contributed by atoms with van der Waals surface area (Å²) >= 11 is 9.46. The highest BCUT2D eigenvalue weighted by molar-refractivity contribution is 9.10. The molecule has 0 spiro atoms. The van der Waals surface area contributed by atoms with Crippen LogP contribution in [0.4, 0.5) is 0 Å². The Morgan fingerprint density at radius 1 is 1.44 bits per heavy atom. The van der Waals surface area contributed by atoms with Gasteiger partial charge in [0, 0.05) is 4.47 Å². The van der Waals surface area contributed by atoms with Crippen molar-refractivity contribution >= 4 is 39.9 Å². The number of rotatable bonds is 4. The van der Waals surface area contributed by atoms with E-state index in [2.05, 4.69) is 21.2 Å². The molecule has 2 rings (SSSR count). The van der Waals surface area contributed by atoms with Gasteiger partial charge in [-0.3, -0.25) is 0 Å². The molecule has 0 amide bonds. The van der Waals surface area contributed by atoms with Gasteiger partial charge in [0.25, 0.3) is 0 Å². The molecule has 0 aliphatic carbocycles. The Morgan fingerprint density at radius 3 is 2.94 bits per heavy atom. The standard InChI is InChI=1S/C13H17BrClNO.ClH/c14-11-3-4-13(12(15)8-11)17-7-5-10-2-1-6-16-9-10;/h3-4,8,10,16H,1-2,5-7,9H2;1H. The van der Waals surface area contributed by atoms with Crippen LogP contribution in [-0.4, -0.2) is 19.7 Å². The molecule has 18 heavy (non-hydrogen) atoms. The molecule has 1 aliphatic heterocycles. The fraction of sp³-hybridized carbons (Fsp3) is 0.538. The third-order valence-corrected chi connectivity index (χ3v) is 3.87. The first-order valence-electron chi connectivity index (χ1n) is 6.04. The summed E-state index contributed by atoms with van der Waals surface area (Å²) in [4.78, 5) is 0. The molecule has 1 aromatic rings. The van der Waals surface area contributed by atoms with Crippen molar-refractivity contribution in [3.05, 3.63) is 27.7 Å². The van der Waals surface area contributed by atoms with E-state index in [1.807, 2.05) is 18.2 Å². The molecule has 0 radical (unpaired) electrons. The molecular formula is C13H18BrCl2NO. The van der Waals surface area contributed by atoms with E-state index in [-0.39, 0.29) is 12.4 Å². The lowest BCUT2D eigenvalue weighted by molar-refractivity contribution is 0.254. The van der Waals surface area contributed by atoms with Gasteiger partial charge in [0.05, 0.1) is 11.6 Å². The number of benzene rings is 1. The second-order valence-electron chi connectivity index (χ2n) is 4.42. The van der Waals surface area contributed by atoms with Crippen LogP contribution in [0.25, 0.3) is 0 Å². The zero-order chi connectivity index (χ0) is 12.1. The van der Waals surface area contributed by atoms with Crippen LogP contribution in [0.2, 0.25) is 5.02 Å². The number of ether oxygens (including phenoxy) is 1. The Morgan fingerprint density at radius 2 is 2.28 bits per heavy atom. The fourth-order valence-corrected chi connectivity index (χ4v) is 2.83. The average molecular weight is 355 g/mol. The minimum atomic E-state index is 0. The van der Waals surface area contributed by atoms with Crippen molar-refractivity contribution in [1.82, 2.24) is 5.32 Å². The van der Waals surface area contributed by atoms with Crippen molar-refractivity contribution in [3.63, 3.8) is 0 Å². The van der Waals surface area contributed by atoms with Crippen LogP contribution in [0.5, 0.6) is 5.75 Å². The lowest BCUT2D eigenvalue weighted by Gasteiger charge is -2.22. The lowest BCUT2D eigenvalue weighted by Crippen LogP contribution is -2.30. The summed E-state index contributed by atoms with van der Waals surface area (Å²) in [7, 11) is 0. The zero-order valence-corrected chi connectivity index (χ0v) is 13.3. The van der Waals surface area contributed by atoms with Crippen molar-refractivity contribution in [3.8, 4) is 5.75 Å². The second kappa shape index (κ2) is 8.26. The van der Waals surface area contributed by atoms with Crippen LogP contribution in [0.1, 0.15) is 19.3 Å². The van der Waals surface area contributed by atoms with Gasteiger partial charge in [-0.05, 0) is 56.5 Å². The predicted molar refractivity (Wildman–Crippen MR) is 82.1 cm³/mol. The van der Waals surface area contributed by atoms with E-state index in [1.54, 1.807) is 0 Å². The molecule has 0 aromatic heterocycles. The summed E-state index contributed by atoms with van der Waals surface area (Å²) in [5.74, 6) is 1.52. The zero-order valence-electron chi connectivity index (χ0n) is 10.1. The third kappa shape index (κ3) is 4.96. The maximum absolute atomic E-state index is 6.08. The van der Waals surface area contributed by atoms with Gasteiger partial charge in [0.2, 0.25) is 0 Å². The topological polar surface area (TPSA) is 21.3 Å². The SMILES string of the molecule is Cl.Clc1cc(Br)ccc1OCCC1CCCNC1. The minimum Gasteiger partial charge on any atom is -0.492 e. The highest BCUT2D eigenvalue weighted by atomic mass is 79.9. The summed E-state index contributed by atoms with van der Waals surface area (Å²) in [5, 5.41) is 4.08. The summed E-state index contributed by atoms with van der Waals surface area (Å²) < 4.78 is 6.69. The molecule has 1 fully saturated rings. The Kier molecular flexibility index (Phi) is 7.38. The van der Waals surface area contributed by atoms with Gasteiger partial charge in [0.15, 0.2) is 0 Å². The quantitative estimate of drug-likeness (QED) is 0.870. The van der Waals surface area contributed by atoms with Crippen molar-refractivity contribution in [1.29, 1.82) is 0 Å².